The summed E-state index contributed by atoms with van der Waals surface area (Å²) in [6.07, 6.45) is 5.62. The fraction of sp³-hybridized carbons (Fsp3) is 0.467. The molecule has 96 valence electrons. The molecule has 1 aromatic carbocycles. The molecule has 0 aromatic heterocycles. The van der Waals surface area contributed by atoms with Crippen molar-refractivity contribution in [2.45, 2.75) is 26.5 Å². The molecular weight excluding hydrogens is 224 g/mol. The second-order valence-corrected chi connectivity index (χ2v) is 4.99. The van der Waals surface area contributed by atoms with Crippen LogP contribution in [0.15, 0.2) is 18.2 Å². The van der Waals surface area contributed by atoms with Gasteiger partial charge >= 0.3 is 0 Å². The van der Waals surface area contributed by atoms with Crippen LogP contribution in [0.5, 0.6) is 5.75 Å². The molecule has 0 bridgehead atoms. The normalized spacial score (nSPS) is 18.2. The van der Waals surface area contributed by atoms with E-state index in [1.54, 1.807) is 0 Å². The summed E-state index contributed by atoms with van der Waals surface area (Å²) in [5.41, 5.74) is 7.82. The third kappa shape index (κ3) is 2.44. The van der Waals surface area contributed by atoms with E-state index in [2.05, 4.69) is 24.7 Å². The summed E-state index contributed by atoms with van der Waals surface area (Å²) in [5, 5.41) is 0. The lowest BCUT2D eigenvalue weighted by Crippen LogP contribution is -2.43. The molecule has 0 saturated carbocycles. The van der Waals surface area contributed by atoms with Gasteiger partial charge in [-0.25, -0.2) is 0 Å². The van der Waals surface area contributed by atoms with Crippen LogP contribution in [0.25, 0.3) is 0 Å². The number of rotatable bonds is 3. The molecule has 0 fully saturated rings. The summed E-state index contributed by atoms with van der Waals surface area (Å²) < 4.78 is 6.05. The Morgan fingerprint density at radius 2 is 2.33 bits per heavy atom. The molecule has 1 aliphatic heterocycles. The van der Waals surface area contributed by atoms with Crippen LogP contribution in [0.4, 0.5) is 5.69 Å². The Labute approximate surface area is 109 Å². The van der Waals surface area contributed by atoms with Gasteiger partial charge in [0.25, 0.3) is 0 Å². The molecule has 1 heterocycles. The minimum Gasteiger partial charge on any atom is -0.486 e. The van der Waals surface area contributed by atoms with Crippen LogP contribution in [-0.2, 0) is 6.54 Å². The van der Waals surface area contributed by atoms with Gasteiger partial charge in [-0.05, 0) is 23.6 Å². The number of hydrogen-bond donors (Lipinski definition) is 1. The van der Waals surface area contributed by atoms with Gasteiger partial charge < -0.3 is 15.4 Å². The van der Waals surface area contributed by atoms with Gasteiger partial charge in [0.1, 0.15) is 11.9 Å². The quantitative estimate of drug-likeness (QED) is 0.827. The largest absolute Gasteiger partial charge is 0.486 e. The minimum absolute atomic E-state index is 0.180. The van der Waals surface area contributed by atoms with Gasteiger partial charge in [0.15, 0.2) is 0 Å². The molecule has 18 heavy (non-hydrogen) atoms. The first-order valence-electron chi connectivity index (χ1n) is 6.33. The molecule has 0 aliphatic carbocycles. The van der Waals surface area contributed by atoms with E-state index in [0.717, 1.165) is 23.5 Å². The lowest BCUT2D eigenvalue weighted by Gasteiger charge is -2.37. The van der Waals surface area contributed by atoms with Crippen molar-refractivity contribution in [2.75, 3.05) is 18.0 Å². The van der Waals surface area contributed by atoms with Crippen molar-refractivity contribution in [3.8, 4) is 18.1 Å². The average Bonchev–Trinajstić information content (AvgIpc) is 2.38. The van der Waals surface area contributed by atoms with Crippen molar-refractivity contribution < 1.29 is 4.74 Å². The molecule has 0 spiro atoms. The van der Waals surface area contributed by atoms with Crippen LogP contribution in [0.1, 0.15) is 19.4 Å². The summed E-state index contributed by atoms with van der Waals surface area (Å²) >= 11 is 0. The van der Waals surface area contributed by atoms with Gasteiger partial charge in [0.05, 0.1) is 18.8 Å². The van der Waals surface area contributed by atoms with Crippen LogP contribution in [0, 0.1) is 18.3 Å². The summed E-state index contributed by atoms with van der Waals surface area (Å²) in [6, 6.07) is 6.10. The summed E-state index contributed by atoms with van der Waals surface area (Å²) in [5.74, 6) is 4.07. The van der Waals surface area contributed by atoms with Gasteiger partial charge in [-0.1, -0.05) is 25.8 Å². The van der Waals surface area contributed by atoms with Gasteiger partial charge in [0.2, 0.25) is 0 Å². The Bertz CT molecular complexity index is 462. The number of ether oxygens (including phenoxy) is 1. The van der Waals surface area contributed by atoms with E-state index in [1.807, 2.05) is 18.2 Å². The van der Waals surface area contributed by atoms with Crippen molar-refractivity contribution >= 4 is 5.69 Å². The van der Waals surface area contributed by atoms with Crippen LogP contribution >= 0.6 is 0 Å². The van der Waals surface area contributed by atoms with E-state index in [-0.39, 0.29) is 6.10 Å². The Morgan fingerprint density at radius 3 is 2.94 bits per heavy atom. The lowest BCUT2D eigenvalue weighted by atomic mass is 10.0. The predicted octanol–water partition coefficient (Wildman–Crippen LogP) is 2.00. The number of benzene rings is 1. The molecule has 1 aromatic rings. The minimum atomic E-state index is 0.180. The van der Waals surface area contributed by atoms with Crippen LogP contribution in [-0.4, -0.2) is 19.2 Å². The topological polar surface area (TPSA) is 38.5 Å². The zero-order valence-electron chi connectivity index (χ0n) is 11.0. The number of hydrogen-bond acceptors (Lipinski definition) is 3. The highest BCUT2D eigenvalue weighted by molar-refractivity contribution is 5.62. The first kappa shape index (κ1) is 12.8. The van der Waals surface area contributed by atoms with E-state index in [9.17, 15) is 0 Å². The van der Waals surface area contributed by atoms with Crippen molar-refractivity contribution in [2.24, 2.45) is 11.7 Å². The summed E-state index contributed by atoms with van der Waals surface area (Å²) in [4.78, 5) is 2.20. The number of nitrogens with two attached hydrogens (primary N) is 1. The fourth-order valence-corrected chi connectivity index (χ4v) is 2.16. The second-order valence-electron chi connectivity index (χ2n) is 4.99. The van der Waals surface area contributed by atoms with E-state index in [1.165, 1.54) is 0 Å². The maximum Gasteiger partial charge on any atom is 0.143 e. The Hall–Kier alpha value is -1.66. The zero-order chi connectivity index (χ0) is 13.1. The number of fused-ring (bicyclic) bond motifs is 1. The van der Waals surface area contributed by atoms with E-state index < -0.39 is 0 Å². The number of anilines is 1. The molecule has 1 atom stereocenters. The molecule has 1 aliphatic rings. The smallest absolute Gasteiger partial charge is 0.143 e. The molecular formula is C15H20N2O. The summed E-state index contributed by atoms with van der Waals surface area (Å²) in [6.45, 7) is 6.31. The van der Waals surface area contributed by atoms with Crippen molar-refractivity contribution in [1.82, 2.24) is 0 Å². The van der Waals surface area contributed by atoms with Gasteiger partial charge in [-0.3, -0.25) is 0 Å². The van der Waals surface area contributed by atoms with Crippen LogP contribution in [0.2, 0.25) is 0 Å². The highest BCUT2D eigenvalue weighted by atomic mass is 16.5. The number of terminal acetylenes is 1. The first-order chi connectivity index (χ1) is 8.65. The van der Waals surface area contributed by atoms with Crippen molar-refractivity contribution in [3.05, 3.63) is 23.8 Å². The third-order valence-electron chi connectivity index (χ3n) is 3.31. The SMILES string of the molecule is C#CCN1CC(C(C)C)Oc2cc(CN)ccc21. The molecule has 0 saturated heterocycles. The maximum absolute atomic E-state index is 6.05. The van der Waals surface area contributed by atoms with Gasteiger partial charge in [-0.2, -0.15) is 0 Å². The Morgan fingerprint density at radius 1 is 1.56 bits per heavy atom. The number of nitrogens with zero attached hydrogens (tertiary/aromatic N) is 1. The average molecular weight is 244 g/mol. The fourth-order valence-electron chi connectivity index (χ4n) is 2.16. The first-order valence-corrected chi connectivity index (χ1v) is 6.33. The molecule has 0 radical (unpaired) electrons. The van der Waals surface area contributed by atoms with Crippen LogP contribution < -0.4 is 15.4 Å². The van der Waals surface area contributed by atoms with Gasteiger partial charge in [0, 0.05) is 6.54 Å². The van der Waals surface area contributed by atoms with E-state index in [0.29, 0.717) is 19.0 Å². The molecule has 0 amide bonds. The molecule has 2 N–H and O–H groups in total. The predicted molar refractivity (Wildman–Crippen MR) is 74.6 cm³/mol. The third-order valence-corrected chi connectivity index (χ3v) is 3.31. The molecule has 3 heteroatoms. The lowest BCUT2D eigenvalue weighted by molar-refractivity contribution is 0.146. The summed E-state index contributed by atoms with van der Waals surface area (Å²) in [7, 11) is 0. The van der Waals surface area contributed by atoms with Crippen molar-refractivity contribution in [1.29, 1.82) is 0 Å². The highest BCUT2D eigenvalue weighted by Crippen LogP contribution is 2.35. The molecule has 1 unspecified atom stereocenters. The zero-order valence-corrected chi connectivity index (χ0v) is 11.0. The Kier molecular flexibility index (Phi) is 3.78. The monoisotopic (exact) mass is 244 g/mol. The maximum atomic E-state index is 6.05. The van der Waals surface area contributed by atoms with E-state index in [4.69, 9.17) is 16.9 Å². The second kappa shape index (κ2) is 5.32. The molecule has 3 nitrogen and oxygen atoms in total. The highest BCUT2D eigenvalue weighted by Gasteiger charge is 2.27. The van der Waals surface area contributed by atoms with Crippen molar-refractivity contribution in [3.63, 3.8) is 0 Å². The van der Waals surface area contributed by atoms with Crippen LogP contribution in [0.3, 0.4) is 0 Å². The van der Waals surface area contributed by atoms with E-state index >= 15 is 0 Å². The molecule has 2 rings (SSSR count). The Balaban J connectivity index is 2.35. The van der Waals surface area contributed by atoms with Gasteiger partial charge in [-0.15, -0.1) is 6.42 Å². The standard InChI is InChI=1S/C15H20N2O/c1-4-7-17-10-15(11(2)3)18-14-8-12(9-16)5-6-13(14)17/h1,5-6,8,11,15H,7,9-10,16H2,2-3H3.